The van der Waals surface area contributed by atoms with Gasteiger partial charge in [0.25, 0.3) is 0 Å². The van der Waals surface area contributed by atoms with E-state index in [1.54, 1.807) is 16.8 Å². The van der Waals surface area contributed by atoms with Crippen molar-refractivity contribution < 1.29 is 14.4 Å². The van der Waals surface area contributed by atoms with Crippen LogP contribution in [0.4, 0.5) is 4.79 Å². The number of urea groups is 1. The number of carbonyl (C=O) groups excluding carboxylic acids is 3. The van der Waals surface area contributed by atoms with Gasteiger partial charge in [0.1, 0.15) is 0 Å². The molecule has 0 bridgehead atoms. The molecule has 2 heterocycles. The molecule has 2 aliphatic heterocycles. The van der Waals surface area contributed by atoms with Gasteiger partial charge in [0.05, 0.1) is 0 Å². The minimum atomic E-state index is -0.372. The van der Waals surface area contributed by atoms with Crippen LogP contribution in [0.5, 0.6) is 0 Å². The Morgan fingerprint density at radius 3 is 2.20 bits per heavy atom. The molecule has 25 heavy (non-hydrogen) atoms. The van der Waals surface area contributed by atoms with E-state index in [2.05, 4.69) is 5.32 Å². The van der Waals surface area contributed by atoms with E-state index in [1.807, 2.05) is 32.6 Å². The van der Waals surface area contributed by atoms with E-state index in [0.29, 0.717) is 51.5 Å². The minimum absolute atomic E-state index is 0.0539. The number of rotatable bonds is 3. The molecule has 0 saturated carbocycles. The number of nitrogens with zero attached hydrogens (tertiary/aromatic N) is 3. The average Bonchev–Trinajstić information content (AvgIpc) is 2.65. The van der Waals surface area contributed by atoms with Crippen molar-refractivity contribution in [2.24, 2.45) is 11.3 Å². The van der Waals surface area contributed by atoms with E-state index in [-0.39, 0.29) is 29.3 Å². The second-order valence-electron chi connectivity index (χ2n) is 8.37. The van der Waals surface area contributed by atoms with E-state index in [0.717, 1.165) is 0 Å². The fraction of sp³-hybridized carbons (Fsp3) is 0.833. The lowest BCUT2D eigenvalue weighted by molar-refractivity contribution is -0.133. The standard InChI is InChI=1S/C18H32N4O3/c1-13(2)8-15(23)21-6-7-22(17(25)19-14(3)4)12-18(11-21)9-16(24)20(5)10-18/h13-14H,6-12H2,1-5H3,(H,19,25)/t18-/m1/s1. The normalized spacial score (nSPS) is 24.4. The van der Waals surface area contributed by atoms with Crippen LogP contribution in [-0.2, 0) is 9.59 Å². The summed E-state index contributed by atoms with van der Waals surface area (Å²) in [5.41, 5.74) is -0.372. The van der Waals surface area contributed by atoms with Gasteiger partial charge in [0, 0.05) is 64.1 Å². The van der Waals surface area contributed by atoms with Gasteiger partial charge in [-0.25, -0.2) is 4.79 Å². The monoisotopic (exact) mass is 352 g/mol. The summed E-state index contributed by atoms with van der Waals surface area (Å²) in [4.78, 5) is 42.7. The Balaban J connectivity index is 2.21. The van der Waals surface area contributed by atoms with Crippen molar-refractivity contribution in [3.05, 3.63) is 0 Å². The Morgan fingerprint density at radius 2 is 1.68 bits per heavy atom. The molecular weight excluding hydrogens is 320 g/mol. The summed E-state index contributed by atoms with van der Waals surface area (Å²) in [6, 6.07) is -0.0622. The topological polar surface area (TPSA) is 73.0 Å². The van der Waals surface area contributed by atoms with E-state index in [4.69, 9.17) is 0 Å². The summed E-state index contributed by atoms with van der Waals surface area (Å²) in [5, 5.41) is 2.93. The molecule has 142 valence electrons. The summed E-state index contributed by atoms with van der Waals surface area (Å²) in [6.45, 7) is 10.6. The summed E-state index contributed by atoms with van der Waals surface area (Å²) in [7, 11) is 1.79. The van der Waals surface area contributed by atoms with Crippen molar-refractivity contribution in [2.75, 3.05) is 39.8 Å². The van der Waals surface area contributed by atoms with Gasteiger partial charge in [-0.1, -0.05) is 13.8 Å². The van der Waals surface area contributed by atoms with E-state index >= 15 is 0 Å². The van der Waals surface area contributed by atoms with Gasteiger partial charge in [-0.2, -0.15) is 0 Å². The molecule has 0 aromatic carbocycles. The summed E-state index contributed by atoms with van der Waals surface area (Å²) < 4.78 is 0. The lowest BCUT2D eigenvalue weighted by Gasteiger charge is -2.33. The fourth-order valence-corrected chi connectivity index (χ4v) is 3.78. The Kier molecular flexibility index (Phi) is 5.95. The van der Waals surface area contributed by atoms with Gasteiger partial charge in [-0.3, -0.25) is 9.59 Å². The molecule has 0 aromatic heterocycles. The van der Waals surface area contributed by atoms with Crippen molar-refractivity contribution in [1.29, 1.82) is 0 Å². The molecule has 1 spiro atoms. The highest BCUT2D eigenvalue weighted by atomic mass is 16.2. The van der Waals surface area contributed by atoms with Gasteiger partial charge >= 0.3 is 6.03 Å². The van der Waals surface area contributed by atoms with Crippen molar-refractivity contribution >= 4 is 17.8 Å². The zero-order valence-corrected chi connectivity index (χ0v) is 16.2. The molecule has 2 rings (SSSR count). The van der Waals surface area contributed by atoms with Crippen LogP contribution in [0.2, 0.25) is 0 Å². The first kappa shape index (κ1) is 19.5. The quantitative estimate of drug-likeness (QED) is 0.828. The molecule has 2 fully saturated rings. The lowest BCUT2D eigenvalue weighted by atomic mass is 9.85. The van der Waals surface area contributed by atoms with Gasteiger partial charge < -0.3 is 20.0 Å². The average molecular weight is 352 g/mol. The zero-order chi connectivity index (χ0) is 18.8. The van der Waals surface area contributed by atoms with Crippen LogP contribution in [0.1, 0.15) is 40.5 Å². The largest absolute Gasteiger partial charge is 0.345 e. The smallest absolute Gasteiger partial charge is 0.317 e. The van der Waals surface area contributed by atoms with Crippen LogP contribution in [0.25, 0.3) is 0 Å². The first-order valence-corrected chi connectivity index (χ1v) is 9.19. The molecule has 7 nitrogen and oxygen atoms in total. The predicted octanol–water partition coefficient (Wildman–Crippen LogP) is 1.14. The summed E-state index contributed by atoms with van der Waals surface area (Å²) in [6.07, 6.45) is 0.887. The first-order valence-electron chi connectivity index (χ1n) is 9.19. The van der Waals surface area contributed by atoms with Gasteiger partial charge in [-0.05, 0) is 19.8 Å². The maximum atomic E-state index is 12.6. The first-order chi connectivity index (χ1) is 11.6. The van der Waals surface area contributed by atoms with Crippen LogP contribution < -0.4 is 5.32 Å². The zero-order valence-electron chi connectivity index (χ0n) is 16.2. The Labute approximate surface area is 150 Å². The van der Waals surface area contributed by atoms with Crippen molar-refractivity contribution in [1.82, 2.24) is 20.0 Å². The summed E-state index contributed by atoms with van der Waals surface area (Å²) >= 11 is 0. The molecule has 2 saturated heterocycles. The number of hydrogen-bond acceptors (Lipinski definition) is 3. The molecule has 4 amide bonds. The predicted molar refractivity (Wildman–Crippen MR) is 96.0 cm³/mol. The molecular formula is C18H32N4O3. The Morgan fingerprint density at radius 1 is 1.08 bits per heavy atom. The fourth-order valence-electron chi connectivity index (χ4n) is 3.78. The van der Waals surface area contributed by atoms with Crippen molar-refractivity contribution in [3.63, 3.8) is 0 Å². The van der Waals surface area contributed by atoms with Crippen LogP contribution in [-0.4, -0.2) is 78.4 Å². The number of nitrogens with one attached hydrogen (secondary N) is 1. The number of carbonyl (C=O) groups is 3. The molecule has 1 atom stereocenters. The van der Waals surface area contributed by atoms with Gasteiger partial charge in [-0.15, -0.1) is 0 Å². The highest BCUT2D eigenvalue weighted by Crippen LogP contribution is 2.34. The number of amides is 4. The second-order valence-corrected chi connectivity index (χ2v) is 8.37. The molecule has 0 radical (unpaired) electrons. The lowest BCUT2D eigenvalue weighted by Crippen LogP contribution is -2.49. The van der Waals surface area contributed by atoms with Gasteiger partial charge in [0.2, 0.25) is 11.8 Å². The van der Waals surface area contributed by atoms with Crippen molar-refractivity contribution in [3.8, 4) is 0 Å². The van der Waals surface area contributed by atoms with E-state index < -0.39 is 0 Å². The van der Waals surface area contributed by atoms with E-state index in [1.165, 1.54) is 0 Å². The Hall–Kier alpha value is -1.79. The third kappa shape index (κ3) is 4.86. The van der Waals surface area contributed by atoms with Crippen molar-refractivity contribution in [2.45, 2.75) is 46.6 Å². The van der Waals surface area contributed by atoms with Gasteiger partial charge in [0.15, 0.2) is 0 Å². The van der Waals surface area contributed by atoms with Crippen LogP contribution in [0.15, 0.2) is 0 Å². The highest BCUT2D eigenvalue weighted by molar-refractivity contribution is 5.81. The SMILES string of the molecule is CC(C)CC(=O)N1CCN(C(=O)NC(C)C)C[C@@]2(CC(=O)N(C)C2)C1. The van der Waals surface area contributed by atoms with Crippen LogP contribution >= 0.6 is 0 Å². The molecule has 7 heteroatoms. The minimum Gasteiger partial charge on any atom is -0.345 e. The number of hydrogen-bond donors (Lipinski definition) is 1. The highest BCUT2D eigenvalue weighted by Gasteiger charge is 2.47. The molecule has 0 aromatic rings. The maximum Gasteiger partial charge on any atom is 0.317 e. The third-order valence-electron chi connectivity index (χ3n) is 4.85. The Bertz CT molecular complexity index is 500. The summed E-state index contributed by atoms with van der Waals surface area (Å²) in [5.74, 6) is 0.491. The number of likely N-dealkylation sites (tertiary alicyclic amines) is 1. The van der Waals surface area contributed by atoms with E-state index in [9.17, 15) is 14.4 Å². The second kappa shape index (κ2) is 7.62. The van der Waals surface area contributed by atoms with Crippen LogP contribution in [0, 0.1) is 11.3 Å². The molecule has 2 aliphatic rings. The maximum absolute atomic E-state index is 12.6. The molecule has 0 aliphatic carbocycles. The molecule has 1 N–H and O–H groups in total. The van der Waals surface area contributed by atoms with Crippen LogP contribution in [0.3, 0.4) is 0 Å². The third-order valence-corrected chi connectivity index (χ3v) is 4.85. The molecule has 0 unspecified atom stereocenters.